The molecule has 3 heterocycles. The average Bonchev–Trinajstić information content (AvgIpc) is 3.48. The van der Waals surface area contributed by atoms with E-state index < -0.39 is 13.7 Å². The summed E-state index contributed by atoms with van der Waals surface area (Å²) in [5, 5.41) is 11.4. The average molecular weight is 704 g/mol. The molecule has 0 radical (unpaired) electrons. The molecule has 6 rings (SSSR count). The van der Waals surface area contributed by atoms with Crippen molar-refractivity contribution >= 4 is 40.8 Å². The summed E-state index contributed by atoms with van der Waals surface area (Å²) in [6, 6.07) is 25.2. The first kappa shape index (κ1) is 32.2. The Balaban J connectivity index is 1.37. The Bertz CT molecular complexity index is 1810. The standard InChI is InChI=1S/C36H39BrN2O6Si/c1-23-33(46(4,5)28-15-13-27(43-2)14-16-28)31(18-20-40)45-36(23)29-21-25(37)10-17-30(29)39(35(36)42)22-24-8-11-26(12-9-24)38-19-6-7-32(44-3)34(38)41/h6-17,19,21,23,31,33,40H,18,20,22H2,1-5H3/t23-,31+,33-,36+/m1/s1. The molecule has 1 amide bonds. The summed E-state index contributed by atoms with van der Waals surface area (Å²) in [7, 11) is 0.879. The first-order valence-corrected chi connectivity index (χ1v) is 19.3. The molecule has 0 unspecified atom stereocenters. The minimum Gasteiger partial charge on any atom is -0.497 e. The Morgan fingerprint density at radius 2 is 1.70 bits per heavy atom. The lowest BCUT2D eigenvalue weighted by molar-refractivity contribution is -0.146. The molecule has 1 fully saturated rings. The number of aliphatic hydroxyl groups is 1. The van der Waals surface area contributed by atoms with Crippen LogP contribution in [0.5, 0.6) is 11.5 Å². The highest BCUT2D eigenvalue weighted by Crippen LogP contribution is 2.60. The normalized spacial score (nSPS) is 22.4. The molecule has 0 saturated carbocycles. The number of hydrogen-bond acceptors (Lipinski definition) is 6. The van der Waals surface area contributed by atoms with Crippen molar-refractivity contribution in [2.75, 3.05) is 25.7 Å². The minimum atomic E-state index is -2.26. The highest BCUT2D eigenvalue weighted by Gasteiger charge is 2.66. The zero-order valence-corrected chi connectivity index (χ0v) is 29.3. The van der Waals surface area contributed by atoms with Crippen molar-refractivity contribution in [1.29, 1.82) is 0 Å². The van der Waals surface area contributed by atoms with E-state index in [4.69, 9.17) is 14.2 Å². The topological polar surface area (TPSA) is 90.2 Å². The van der Waals surface area contributed by atoms with Crippen LogP contribution in [0.25, 0.3) is 5.69 Å². The lowest BCUT2D eigenvalue weighted by atomic mass is 9.82. The van der Waals surface area contributed by atoms with E-state index in [-0.39, 0.29) is 41.4 Å². The van der Waals surface area contributed by atoms with Crippen molar-refractivity contribution < 1.29 is 24.1 Å². The molecule has 4 aromatic rings. The Hall–Kier alpha value is -3.70. The molecule has 2 aliphatic heterocycles. The van der Waals surface area contributed by atoms with Crippen molar-refractivity contribution in [3.05, 3.63) is 111 Å². The number of pyridine rings is 1. The molecule has 1 saturated heterocycles. The molecule has 1 aromatic heterocycles. The van der Waals surface area contributed by atoms with E-state index in [2.05, 4.69) is 48.1 Å². The van der Waals surface area contributed by atoms with Crippen LogP contribution in [-0.2, 0) is 21.7 Å². The van der Waals surface area contributed by atoms with E-state index in [0.29, 0.717) is 18.7 Å². The number of carbonyl (C=O) groups is 1. The van der Waals surface area contributed by atoms with Gasteiger partial charge in [-0.3, -0.25) is 14.2 Å². The van der Waals surface area contributed by atoms with Gasteiger partial charge in [0.05, 0.1) is 40.6 Å². The monoisotopic (exact) mass is 702 g/mol. The number of rotatable bonds is 9. The van der Waals surface area contributed by atoms with E-state index in [1.807, 2.05) is 59.5 Å². The Kier molecular flexibility index (Phi) is 8.75. The van der Waals surface area contributed by atoms with Crippen LogP contribution in [0.4, 0.5) is 5.69 Å². The van der Waals surface area contributed by atoms with Gasteiger partial charge in [0, 0.05) is 34.4 Å². The number of aliphatic hydroxyl groups excluding tert-OH is 1. The van der Waals surface area contributed by atoms with Crippen LogP contribution >= 0.6 is 15.9 Å². The molecule has 10 heteroatoms. The quantitative estimate of drug-likeness (QED) is 0.223. The van der Waals surface area contributed by atoms with Crippen molar-refractivity contribution in [1.82, 2.24) is 4.57 Å². The Morgan fingerprint density at radius 1 is 0.978 bits per heavy atom. The molecule has 4 atom stereocenters. The first-order chi connectivity index (χ1) is 22.1. The number of benzene rings is 3. The number of aromatic nitrogens is 1. The van der Waals surface area contributed by atoms with E-state index in [1.165, 1.54) is 16.9 Å². The molecule has 46 heavy (non-hydrogen) atoms. The summed E-state index contributed by atoms with van der Waals surface area (Å²) in [5.41, 5.74) is 1.92. The van der Waals surface area contributed by atoms with Crippen molar-refractivity contribution in [2.24, 2.45) is 5.92 Å². The van der Waals surface area contributed by atoms with Gasteiger partial charge in [-0.25, -0.2) is 0 Å². The van der Waals surface area contributed by atoms with Crippen molar-refractivity contribution in [3.8, 4) is 17.2 Å². The van der Waals surface area contributed by atoms with Gasteiger partial charge in [-0.15, -0.1) is 0 Å². The first-order valence-electron chi connectivity index (χ1n) is 15.5. The lowest BCUT2D eigenvalue weighted by Gasteiger charge is -2.37. The third kappa shape index (κ3) is 5.21. The zero-order chi connectivity index (χ0) is 32.8. The summed E-state index contributed by atoms with van der Waals surface area (Å²) in [6.45, 7) is 7.12. The van der Waals surface area contributed by atoms with Crippen LogP contribution < -0.4 is 25.1 Å². The van der Waals surface area contributed by atoms with E-state index in [9.17, 15) is 14.7 Å². The van der Waals surface area contributed by atoms with Crippen LogP contribution in [-0.4, -0.2) is 50.6 Å². The maximum absolute atomic E-state index is 14.8. The fraction of sp³-hybridized carbons (Fsp3) is 0.333. The maximum atomic E-state index is 14.8. The molecular weight excluding hydrogens is 664 g/mol. The molecule has 1 N–H and O–H groups in total. The molecule has 8 nitrogen and oxygen atoms in total. The number of hydrogen-bond donors (Lipinski definition) is 1. The highest BCUT2D eigenvalue weighted by atomic mass is 79.9. The molecule has 0 aliphatic carbocycles. The Labute approximate surface area is 278 Å². The van der Waals surface area contributed by atoms with E-state index >= 15 is 0 Å². The fourth-order valence-electron chi connectivity index (χ4n) is 7.62. The van der Waals surface area contributed by atoms with Gasteiger partial charge >= 0.3 is 0 Å². The van der Waals surface area contributed by atoms with Crippen LogP contribution in [0.2, 0.25) is 18.6 Å². The summed E-state index contributed by atoms with van der Waals surface area (Å²) in [5.74, 6) is 0.826. The van der Waals surface area contributed by atoms with Gasteiger partial charge in [0.2, 0.25) is 0 Å². The van der Waals surface area contributed by atoms with Gasteiger partial charge in [-0.2, -0.15) is 0 Å². The SMILES string of the molecule is COc1ccc([Si](C)(C)[C@H]2[C@H](CCO)O[C@@]3(C(=O)N(Cc4ccc(-n5cccc(OC)c5=O)cc4)c4ccc(Br)cc43)[C@@H]2C)cc1. The van der Waals surface area contributed by atoms with Crippen LogP contribution in [0.15, 0.2) is 94.3 Å². The predicted octanol–water partition coefficient (Wildman–Crippen LogP) is 5.76. The largest absolute Gasteiger partial charge is 0.497 e. The van der Waals surface area contributed by atoms with Crippen LogP contribution in [0.3, 0.4) is 0 Å². The second kappa shape index (κ2) is 12.5. The number of amides is 1. The second-order valence-corrected chi connectivity index (χ2v) is 18.2. The van der Waals surface area contributed by atoms with Gasteiger partial charge in [-0.05, 0) is 72.1 Å². The van der Waals surface area contributed by atoms with Gasteiger partial charge in [0.1, 0.15) is 5.75 Å². The number of anilines is 1. The van der Waals surface area contributed by atoms with Crippen molar-refractivity contribution in [3.63, 3.8) is 0 Å². The Morgan fingerprint density at radius 3 is 2.35 bits per heavy atom. The van der Waals surface area contributed by atoms with E-state index in [0.717, 1.165) is 27.0 Å². The molecule has 1 spiro atoms. The lowest BCUT2D eigenvalue weighted by Crippen LogP contribution is -2.51. The molecule has 3 aromatic carbocycles. The van der Waals surface area contributed by atoms with Gasteiger partial charge in [0.25, 0.3) is 11.5 Å². The number of fused-ring (bicyclic) bond motifs is 2. The smallest absolute Gasteiger partial charge is 0.297 e. The fourth-order valence-corrected chi connectivity index (χ4v) is 12.0. The van der Waals surface area contributed by atoms with Gasteiger partial charge in [0.15, 0.2) is 11.4 Å². The predicted molar refractivity (Wildman–Crippen MR) is 185 cm³/mol. The zero-order valence-electron chi connectivity index (χ0n) is 26.7. The molecule has 0 bridgehead atoms. The summed E-state index contributed by atoms with van der Waals surface area (Å²) in [4.78, 5) is 29.4. The number of nitrogens with zero attached hydrogens (tertiary/aromatic N) is 2. The summed E-state index contributed by atoms with van der Waals surface area (Å²) in [6.07, 6.45) is 1.86. The third-order valence-corrected chi connectivity index (χ3v) is 14.8. The molecule has 2 aliphatic rings. The number of methoxy groups -OCH3 is 2. The highest BCUT2D eigenvalue weighted by molar-refractivity contribution is 9.10. The number of carbonyl (C=O) groups excluding carboxylic acids is 1. The number of halogens is 1. The second-order valence-electron chi connectivity index (χ2n) is 12.6. The van der Waals surface area contributed by atoms with Crippen molar-refractivity contribution in [2.45, 2.75) is 50.2 Å². The summed E-state index contributed by atoms with van der Waals surface area (Å²) >= 11 is 3.65. The third-order valence-electron chi connectivity index (χ3n) is 9.90. The van der Waals surface area contributed by atoms with E-state index in [1.54, 1.807) is 25.4 Å². The maximum Gasteiger partial charge on any atom is 0.297 e. The van der Waals surface area contributed by atoms with Gasteiger partial charge in [-0.1, -0.05) is 65.4 Å². The van der Waals surface area contributed by atoms with Gasteiger partial charge < -0.3 is 24.2 Å². The summed E-state index contributed by atoms with van der Waals surface area (Å²) < 4.78 is 20.0. The number of ether oxygens (including phenoxy) is 3. The minimum absolute atomic E-state index is 0.0248. The van der Waals surface area contributed by atoms with Crippen LogP contribution in [0.1, 0.15) is 24.5 Å². The molecule has 240 valence electrons. The van der Waals surface area contributed by atoms with Crippen LogP contribution in [0, 0.1) is 5.92 Å². The molecular formula is C36H39BrN2O6Si.